The molecule has 0 amide bonds. The third kappa shape index (κ3) is 5.45. The highest BCUT2D eigenvalue weighted by atomic mass is 19.1. The monoisotopic (exact) mass is 433 g/mol. The zero-order valence-electron chi connectivity index (χ0n) is 19.7. The number of likely N-dealkylation sites (tertiary alicyclic amines) is 1. The molecule has 1 unspecified atom stereocenters. The molecular weight excluding hydrogens is 389 g/mol. The molecule has 1 saturated heterocycles. The quantitative estimate of drug-likeness (QED) is 0.588. The molecule has 0 spiro atoms. The van der Waals surface area contributed by atoms with Crippen molar-refractivity contribution in [3.05, 3.63) is 23.3 Å². The van der Waals surface area contributed by atoms with Crippen molar-refractivity contribution in [2.45, 2.75) is 103 Å². The number of halogens is 1. The largest absolute Gasteiger partial charge is 0.393 e. The van der Waals surface area contributed by atoms with Gasteiger partial charge in [0.05, 0.1) is 12.2 Å². The minimum Gasteiger partial charge on any atom is -0.393 e. The van der Waals surface area contributed by atoms with E-state index in [1.54, 1.807) is 5.57 Å². The van der Waals surface area contributed by atoms with E-state index < -0.39 is 18.4 Å². The van der Waals surface area contributed by atoms with Crippen molar-refractivity contribution < 1.29 is 14.6 Å². The Morgan fingerprint density at radius 1 is 1.16 bits per heavy atom. The standard InChI is InChI=1S/C27H44FNO2/c1-19(5-4-13-29-14-11-22(28)18-29)25-9-10-26-21(6-3-12-27(25,26)2)8-7-20-15-23(30)17-24(31)16-20/h7-8,19,22-26,30-31H,3-6,9-18H2,1-2H3/b21-8+/t19?,22-,23-,24-,25-,26+,27-/m1/s1. The summed E-state index contributed by atoms with van der Waals surface area (Å²) >= 11 is 0. The Labute approximate surface area is 188 Å². The topological polar surface area (TPSA) is 43.7 Å². The van der Waals surface area contributed by atoms with Crippen LogP contribution >= 0.6 is 0 Å². The fourth-order valence-corrected chi connectivity index (χ4v) is 7.57. The van der Waals surface area contributed by atoms with Gasteiger partial charge in [0.25, 0.3) is 0 Å². The summed E-state index contributed by atoms with van der Waals surface area (Å²) < 4.78 is 13.4. The van der Waals surface area contributed by atoms with E-state index in [2.05, 4.69) is 30.9 Å². The van der Waals surface area contributed by atoms with E-state index in [9.17, 15) is 14.6 Å². The first-order valence-electron chi connectivity index (χ1n) is 13.0. The Kier molecular flexibility index (Phi) is 7.60. The molecular formula is C27H44FNO2. The van der Waals surface area contributed by atoms with Gasteiger partial charge in [-0.2, -0.15) is 0 Å². The third-order valence-corrected chi connectivity index (χ3v) is 9.15. The first kappa shape index (κ1) is 23.4. The molecule has 4 heteroatoms. The van der Waals surface area contributed by atoms with Gasteiger partial charge in [0.15, 0.2) is 0 Å². The molecule has 4 fully saturated rings. The fraction of sp³-hybridized carbons (Fsp3) is 0.852. The van der Waals surface area contributed by atoms with Gasteiger partial charge < -0.3 is 15.1 Å². The number of alkyl halides is 1. The Bertz CT molecular complexity index is 664. The summed E-state index contributed by atoms with van der Waals surface area (Å²) in [6.45, 7) is 7.67. The van der Waals surface area contributed by atoms with Crippen LogP contribution in [0.25, 0.3) is 0 Å². The summed E-state index contributed by atoms with van der Waals surface area (Å²) in [6, 6.07) is 0. The average molecular weight is 434 g/mol. The first-order valence-corrected chi connectivity index (χ1v) is 13.0. The minimum absolute atomic E-state index is 0.391. The smallest absolute Gasteiger partial charge is 0.114 e. The lowest BCUT2D eigenvalue weighted by molar-refractivity contribution is 0.0609. The molecule has 3 nitrogen and oxygen atoms in total. The molecule has 0 aromatic carbocycles. The van der Waals surface area contributed by atoms with Crippen LogP contribution in [-0.4, -0.2) is 53.1 Å². The van der Waals surface area contributed by atoms with Gasteiger partial charge in [0.1, 0.15) is 6.17 Å². The molecule has 176 valence electrons. The first-order chi connectivity index (χ1) is 14.8. The van der Waals surface area contributed by atoms with Crippen LogP contribution in [0.1, 0.15) is 84.5 Å². The Balaban J connectivity index is 1.35. The summed E-state index contributed by atoms with van der Waals surface area (Å²) in [6.07, 6.45) is 14.8. The second-order valence-corrected chi connectivity index (χ2v) is 11.4. The van der Waals surface area contributed by atoms with Crippen LogP contribution in [0.2, 0.25) is 0 Å². The van der Waals surface area contributed by atoms with Crippen LogP contribution in [0, 0.1) is 23.2 Å². The predicted molar refractivity (Wildman–Crippen MR) is 125 cm³/mol. The molecule has 0 aromatic heterocycles. The lowest BCUT2D eigenvalue weighted by atomic mass is 9.60. The molecule has 7 atom stereocenters. The zero-order valence-corrected chi connectivity index (χ0v) is 19.7. The highest BCUT2D eigenvalue weighted by Crippen LogP contribution is 2.59. The maximum absolute atomic E-state index is 13.4. The van der Waals surface area contributed by atoms with E-state index in [0.717, 1.165) is 31.3 Å². The minimum atomic E-state index is -0.602. The van der Waals surface area contributed by atoms with Gasteiger partial charge in [-0.15, -0.1) is 0 Å². The van der Waals surface area contributed by atoms with E-state index in [1.807, 2.05) is 0 Å². The number of nitrogens with zero attached hydrogens (tertiary/aromatic N) is 1. The second-order valence-electron chi connectivity index (χ2n) is 11.4. The van der Waals surface area contributed by atoms with Crippen molar-refractivity contribution in [2.75, 3.05) is 19.6 Å². The van der Waals surface area contributed by atoms with Crippen LogP contribution in [0.4, 0.5) is 4.39 Å². The van der Waals surface area contributed by atoms with E-state index in [-0.39, 0.29) is 0 Å². The van der Waals surface area contributed by atoms with E-state index >= 15 is 0 Å². The number of allylic oxidation sites excluding steroid dienone is 3. The van der Waals surface area contributed by atoms with Crippen molar-refractivity contribution in [3.8, 4) is 0 Å². The van der Waals surface area contributed by atoms with Gasteiger partial charge in [0, 0.05) is 13.1 Å². The van der Waals surface area contributed by atoms with Crippen molar-refractivity contribution in [1.29, 1.82) is 0 Å². The Morgan fingerprint density at radius 2 is 1.94 bits per heavy atom. The van der Waals surface area contributed by atoms with Crippen LogP contribution in [0.15, 0.2) is 23.3 Å². The fourth-order valence-electron chi connectivity index (χ4n) is 7.57. The number of rotatable bonds is 6. The Morgan fingerprint density at radius 3 is 2.65 bits per heavy atom. The highest BCUT2D eigenvalue weighted by Gasteiger charge is 2.50. The van der Waals surface area contributed by atoms with Crippen LogP contribution in [0.5, 0.6) is 0 Å². The van der Waals surface area contributed by atoms with E-state index in [0.29, 0.717) is 37.1 Å². The van der Waals surface area contributed by atoms with Gasteiger partial charge in [-0.05, 0) is 100 Å². The molecule has 2 N–H and O–H groups in total. The molecule has 3 saturated carbocycles. The summed E-state index contributed by atoms with van der Waals surface area (Å²) in [5, 5.41) is 20.0. The molecule has 31 heavy (non-hydrogen) atoms. The van der Waals surface area contributed by atoms with Crippen molar-refractivity contribution in [3.63, 3.8) is 0 Å². The SMILES string of the molecule is CC(CCCN1CC[C@@H](F)C1)[C@H]1CC[C@H]2/C(=C/C=C3C[C@@H](O)C[C@H](O)C3)CCC[C@]12C. The normalized spacial score (nSPS) is 41.5. The molecule has 0 aromatic rings. The molecule has 4 rings (SSSR count). The van der Waals surface area contributed by atoms with Crippen molar-refractivity contribution >= 4 is 0 Å². The third-order valence-electron chi connectivity index (χ3n) is 9.15. The van der Waals surface area contributed by atoms with E-state index in [4.69, 9.17) is 0 Å². The van der Waals surface area contributed by atoms with Gasteiger partial charge in [-0.25, -0.2) is 4.39 Å². The van der Waals surface area contributed by atoms with E-state index in [1.165, 1.54) is 50.5 Å². The summed E-state index contributed by atoms with van der Waals surface area (Å²) in [7, 11) is 0. The zero-order chi connectivity index (χ0) is 22.0. The summed E-state index contributed by atoms with van der Waals surface area (Å²) in [5.74, 6) is 2.22. The van der Waals surface area contributed by atoms with Gasteiger partial charge in [-0.1, -0.05) is 37.1 Å². The number of hydrogen-bond acceptors (Lipinski definition) is 3. The maximum Gasteiger partial charge on any atom is 0.114 e. The van der Waals surface area contributed by atoms with Crippen molar-refractivity contribution in [2.24, 2.45) is 23.2 Å². The maximum atomic E-state index is 13.4. The predicted octanol–water partition coefficient (Wildman–Crippen LogP) is 5.42. The molecule has 1 heterocycles. The number of aliphatic hydroxyl groups excluding tert-OH is 2. The molecule has 0 radical (unpaired) electrons. The van der Waals surface area contributed by atoms with Crippen LogP contribution in [-0.2, 0) is 0 Å². The number of aliphatic hydroxyl groups is 2. The van der Waals surface area contributed by atoms with Gasteiger partial charge in [-0.3, -0.25) is 0 Å². The summed E-state index contributed by atoms with van der Waals surface area (Å²) in [4.78, 5) is 2.31. The highest BCUT2D eigenvalue weighted by molar-refractivity contribution is 5.26. The molecule has 3 aliphatic carbocycles. The lowest BCUT2D eigenvalue weighted by Gasteiger charge is -2.44. The molecule has 1 aliphatic heterocycles. The molecule has 0 bridgehead atoms. The summed E-state index contributed by atoms with van der Waals surface area (Å²) in [5.41, 5.74) is 3.22. The van der Waals surface area contributed by atoms with Crippen LogP contribution in [0.3, 0.4) is 0 Å². The van der Waals surface area contributed by atoms with Crippen LogP contribution < -0.4 is 0 Å². The van der Waals surface area contributed by atoms with Gasteiger partial charge in [0.2, 0.25) is 0 Å². The second kappa shape index (κ2) is 10.1. The van der Waals surface area contributed by atoms with Gasteiger partial charge >= 0.3 is 0 Å². The molecule has 4 aliphatic rings. The lowest BCUT2D eigenvalue weighted by Crippen LogP contribution is -2.36. The van der Waals surface area contributed by atoms with Crippen molar-refractivity contribution in [1.82, 2.24) is 4.90 Å². The Hall–Kier alpha value is -0.710. The average Bonchev–Trinajstić information content (AvgIpc) is 3.28. The number of hydrogen-bond donors (Lipinski definition) is 2. The number of fused-ring (bicyclic) bond motifs is 1.